The lowest BCUT2D eigenvalue weighted by atomic mass is 10.0. The maximum Gasteiger partial charge on any atom is 0.319 e. The van der Waals surface area contributed by atoms with Crippen LogP contribution in [-0.4, -0.2) is 25.8 Å². The minimum Gasteiger partial charge on any atom is -0.480 e. The van der Waals surface area contributed by atoms with E-state index in [-0.39, 0.29) is 0 Å². The van der Waals surface area contributed by atoms with Gasteiger partial charge in [-0.2, -0.15) is 0 Å². The number of halogens is 1. The van der Waals surface area contributed by atoms with Crippen LogP contribution in [0.15, 0.2) is 40.1 Å². The highest BCUT2D eigenvalue weighted by molar-refractivity contribution is 9.10. The standard InChI is InChI=1S/C18H17BrN2O2S2/c1-4-12-13(10-5-7-11(19)8-6-10)14-15(24-12)20-9-21-16(14)25-18(2,3)17(22)23/h5-9H,4H2,1-3H3,(H,22,23). The molecule has 0 atom stereocenters. The van der Waals surface area contributed by atoms with Crippen LogP contribution in [0.4, 0.5) is 0 Å². The van der Waals surface area contributed by atoms with E-state index in [0.717, 1.165) is 32.2 Å². The third-order valence-electron chi connectivity index (χ3n) is 3.85. The van der Waals surface area contributed by atoms with Crippen molar-refractivity contribution in [1.82, 2.24) is 9.97 Å². The number of thiophene rings is 1. The van der Waals surface area contributed by atoms with E-state index < -0.39 is 10.7 Å². The Morgan fingerprint density at radius 2 is 1.96 bits per heavy atom. The predicted octanol–water partition coefficient (Wildman–Crippen LogP) is 5.64. The van der Waals surface area contributed by atoms with Crippen molar-refractivity contribution in [2.24, 2.45) is 0 Å². The van der Waals surface area contributed by atoms with Gasteiger partial charge in [0.25, 0.3) is 0 Å². The fourth-order valence-electron chi connectivity index (χ4n) is 2.49. The van der Waals surface area contributed by atoms with Gasteiger partial charge in [0.15, 0.2) is 0 Å². The van der Waals surface area contributed by atoms with E-state index in [9.17, 15) is 9.90 Å². The van der Waals surface area contributed by atoms with Crippen LogP contribution in [0.3, 0.4) is 0 Å². The van der Waals surface area contributed by atoms with Gasteiger partial charge < -0.3 is 5.11 Å². The molecule has 0 unspecified atom stereocenters. The van der Waals surface area contributed by atoms with Gasteiger partial charge in [0, 0.05) is 14.9 Å². The number of hydrogen-bond donors (Lipinski definition) is 1. The average molecular weight is 437 g/mol. The number of fused-ring (bicyclic) bond motifs is 1. The van der Waals surface area contributed by atoms with Crippen molar-refractivity contribution >= 4 is 55.2 Å². The molecule has 0 aliphatic heterocycles. The van der Waals surface area contributed by atoms with E-state index in [2.05, 4.69) is 45.0 Å². The van der Waals surface area contributed by atoms with Crippen molar-refractivity contribution in [3.63, 3.8) is 0 Å². The summed E-state index contributed by atoms with van der Waals surface area (Å²) in [7, 11) is 0. The Morgan fingerprint density at radius 3 is 2.56 bits per heavy atom. The molecule has 0 spiro atoms. The van der Waals surface area contributed by atoms with Crippen LogP contribution < -0.4 is 0 Å². The minimum atomic E-state index is -0.966. The molecule has 4 nitrogen and oxygen atoms in total. The number of nitrogens with zero attached hydrogens (tertiary/aromatic N) is 2. The number of thioether (sulfide) groups is 1. The lowest BCUT2D eigenvalue weighted by Gasteiger charge is -2.18. The zero-order valence-electron chi connectivity index (χ0n) is 14.0. The molecule has 0 saturated heterocycles. The summed E-state index contributed by atoms with van der Waals surface area (Å²) in [5.41, 5.74) is 2.20. The number of benzene rings is 1. The smallest absolute Gasteiger partial charge is 0.319 e. The first-order valence-corrected chi connectivity index (χ1v) is 10.2. The van der Waals surface area contributed by atoms with Crippen LogP contribution in [0, 0.1) is 0 Å². The number of carboxylic acid groups (broad SMARTS) is 1. The molecule has 7 heteroatoms. The van der Waals surface area contributed by atoms with Crippen LogP contribution in [0.25, 0.3) is 21.3 Å². The summed E-state index contributed by atoms with van der Waals surface area (Å²) in [5.74, 6) is -0.861. The zero-order valence-corrected chi connectivity index (χ0v) is 17.3. The summed E-state index contributed by atoms with van der Waals surface area (Å²) in [4.78, 5) is 22.5. The lowest BCUT2D eigenvalue weighted by Crippen LogP contribution is -2.27. The molecule has 0 aliphatic carbocycles. The first kappa shape index (κ1) is 18.4. The third kappa shape index (κ3) is 3.59. The second kappa shape index (κ2) is 7.05. The number of rotatable bonds is 5. The van der Waals surface area contributed by atoms with Gasteiger partial charge in [0.1, 0.15) is 20.9 Å². The van der Waals surface area contributed by atoms with Gasteiger partial charge in [-0.25, -0.2) is 9.97 Å². The van der Waals surface area contributed by atoms with Gasteiger partial charge in [-0.05, 0) is 38.0 Å². The third-order valence-corrected chi connectivity index (χ3v) is 6.81. The van der Waals surface area contributed by atoms with Crippen LogP contribution in [0.2, 0.25) is 0 Å². The maximum absolute atomic E-state index is 11.5. The lowest BCUT2D eigenvalue weighted by molar-refractivity contribution is -0.138. The molecule has 3 aromatic rings. The van der Waals surface area contributed by atoms with Crippen molar-refractivity contribution < 1.29 is 9.90 Å². The van der Waals surface area contributed by atoms with Crippen LogP contribution in [0.1, 0.15) is 25.6 Å². The van der Waals surface area contributed by atoms with Crippen molar-refractivity contribution in [1.29, 1.82) is 0 Å². The van der Waals surface area contributed by atoms with Gasteiger partial charge in [-0.1, -0.05) is 46.7 Å². The molecule has 2 aromatic heterocycles. The quantitative estimate of drug-likeness (QED) is 0.414. The number of aryl methyl sites for hydroxylation is 1. The molecule has 0 saturated carbocycles. The zero-order chi connectivity index (χ0) is 18.2. The maximum atomic E-state index is 11.5. The van der Waals surface area contributed by atoms with Crippen LogP contribution in [-0.2, 0) is 11.2 Å². The summed E-state index contributed by atoms with van der Waals surface area (Å²) < 4.78 is 0.0544. The largest absolute Gasteiger partial charge is 0.480 e. The predicted molar refractivity (Wildman–Crippen MR) is 108 cm³/mol. The van der Waals surface area contributed by atoms with Gasteiger partial charge >= 0.3 is 5.97 Å². The van der Waals surface area contributed by atoms with Crippen molar-refractivity contribution in [3.05, 3.63) is 39.9 Å². The van der Waals surface area contributed by atoms with E-state index in [0.29, 0.717) is 5.03 Å². The number of aliphatic carboxylic acids is 1. The fraction of sp³-hybridized carbons (Fsp3) is 0.278. The van der Waals surface area contributed by atoms with Gasteiger partial charge in [-0.3, -0.25) is 4.79 Å². The molecule has 0 fully saturated rings. The molecule has 25 heavy (non-hydrogen) atoms. The monoisotopic (exact) mass is 436 g/mol. The van der Waals surface area contributed by atoms with E-state index in [1.165, 1.54) is 23.0 Å². The van der Waals surface area contributed by atoms with Gasteiger partial charge in [0.2, 0.25) is 0 Å². The Morgan fingerprint density at radius 1 is 1.28 bits per heavy atom. The molecular weight excluding hydrogens is 420 g/mol. The summed E-state index contributed by atoms with van der Waals surface area (Å²) in [6.07, 6.45) is 2.41. The van der Waals surface area contributed by atoms with Crippen LogP contribution >= 0.6 is 39.0 Å². The normalized spacial score (nSPS) is 11.8. The highest BCUT2D eigenvalue weighted by atomic mass is 79.9. The molecule has 3 rings (SSSR count). The molecule has 1 N–H and O–H groups in total. The Labute approximate surface area is 162 Å². The summed E-state index contributed by atoms with van der Waals surface area (Å²) >= 11 is 6.39. The fourth-order valence-corrected chi connectivity index (χ4v) is 4.89. The molecule has 130 valence electrons. The van der Waals surface area contributed by atoms with Crippen LogP contribution in [0.5, 0.6) is 0 Å². The van der Waals surface area contributed by atoms with Gasteiger partial charge in [0.05, 0.1) is 5.39 Å². The number of carbonyl (C=O) groups is 1. The summed E-state index contributed by atoms with van der Waals surface area (Å²) in [6.45, 7) is 5.51. The minimum absolute atomic E-state index is 0.714. The van der Waals surface area contributed by atoms with Crippen molar-refractivity contribution in [3.8, 4) is 11.1 Å². The molecule has 1 aromatic carbocycles. The molecular formula is C18H17BrN2O2S2. The number of hydrogen-bond acceptors (Lipinski definition) is 5. The topological polar surface area (TPSA) is 63.1 Å². The summed E-state index contributed by atoms with van der Waals surface area (Å²) in [5, 5.41) is 11.1. The first-order chi connectivity index (χ1) is 11.8. The highest BCUT2D eigenvalue weighted by Gasteiger charge is 2.31. The van der Waals surface area contributed by atoms with E-state index in [1.807, 2.05) is 12.1 Å². The number of carboxylic acids is 1. The molecule has 2 heterocycles. The molecule has 0 radical (unpaired) electrons. The summed E-state index contributed by atoms with van der Waals surface area (Å²) in [6, 6.07) is 8.15. The van der Waals surface area contributed by atoms with Crippen molar-refractivity contribution in [2.45, 2.75) is 37.0 Å². The second-order valence-corrected chi connectivity index (χ2v) is 9.65. The number of aromatic nitrogens is 2. The van der Waals surface area contributed by atoms with Gasteiger partial charge in [-0.15, -0.1) is 11.3 Å². The van der Waals surface area contributed by atoms with E-state index >= 15 is 0 Å². The Kier molecular flexibility index (Phi) is 5.18. The second-order valence-electron chi connectivity index (χ2n) is 6.04. The first-order valence-electron chi connectivity index (χ1n) is 7.78. The SMILES string of the molecule is CCc1sc2ncnc(SC(C)(C)C(=O)O)c2c1-c1ccc(Br)cc1. The Bertz CT molecular complexity index is 936. The highest BCUT2D eigenvalue weighted by Crippen LogP contribution is 2.44. The average Bonchev–Trinajstić information content (AvgIpc) is 2.95. The Hall–Kier alpha value is -1.44. The Balaban J connectivity index is 2.25. The molecule has 0 aliphatic rings. The van der Waals surface area contributed by atoms with E-state index in [4.69, 9.17) is 0 Å². The van der Waals surface area contributed by atoms with E-state index in [1.54, 1.807) is 25.2 Å². The molecule has 0 bridgehead atoms. The molecule has 0 amide bonds. The van der Waals surface area contributed by atoms with Crippen molar-refractivity contribution in [2.75, 3.05) is 0 Å².